The average Bonchev–Trinajstić information content (AvgIpc) is 2.89. The predicted octanol–water partition coefficient (Wildman–Crippen LogP) is 4.72. The first-order valence-corrected chi connectivity index (χ1v) is 10.1. The number of anilines is 3. The number of alkyl halides is 3. The molecule has 0 bridgehead atoms. The first kappa shape index (κ1) is 20.7. The average molecular weight is 418 g/mol. The number of likely N-dealkylation sites (tertiary alicyclic amines) is 1. The molecule has 2 aliphatic rings. The van der Waals surface area contributed by atoms with E-state index in [4.69, 9.17) is 0 Å². The van der Waals surface area contributed by atoms with Crippen LogP contribution in [0.25, 0.3) is 0 Å². The molecule has 0 radical (unpaired) electrons. The van der Waals surface area contributed by atoms with Crippen LogP contribution in [-0.2, 0) is 11.3 Å². The molecule has 1 aromatic carbocycles. The van der Waals surface area contributed by atoms with Crippen molar-refractivity contribution in [2.45, 2.75) is 44.9 Å². The number of hydrogen-bond donors (Lipinski definition) is 1. The summed E-state index contributed by atoms with van der Waals surface area (Å²) in [6, 6.07) is 11.3. The van der Waals surface area contributed by atoms with Crippen LogP contribution in [0.15, 0.2) is 42.6 Å². The molecule has 2 aliphatic heterocycles. The molecule has 160 valence electrons. The molecular weight excluding hydrogens is 393 g/mol. The summed E-state index contributed by atoms with van der Waals surface area (Å²) in [6.45, 7) is 3.27. The Labute approximate surface area is 173 Å². The summed E-state index contributed by atoms with van der Waals surface area (Å²) in [7, 11) is 0. The molecule has 0 unspecified atom stereocenters. The molecule has 5 nitrogen and oxygen atoms in total. The van der Waals surface area contributed by atoms with Crippen molar-refractivity contribution >= 4 is 23.1 Å². The third kappa shape index (κ3) is 3.64. The molecule has 1 amide bonds. The Balaban J connectivity index is 1.55. The zero-order valence-electron chi connectivity index (χ0n) is 17.0. The number of para-hydroxylation sites is 2. The van der Waals surface area contributed by atoms with Gasteiger partial charge in [-0.25, -0.2) is 4.98 Å². The zero-order chi connectivity index (χ0) is 21.5. The highest BCUT2D eigenvalue weighted by atomic mass is 19.4. The van der Waals surface area contributed by atoms with Gasteiger partial charge in [-0.1, -0.05) is 18.2 Å². The van der Waals surface area contributed by atoms with Gasteiger partial charge < -0.3 is 10.2 Å². The summed E-state index contributed by atoms with van der Waals surface area (Å²) in [6.07, 6.45) is -1.80. The highest BCUT2D eigenvalue weighted by molar-refractivity contribution is 5.99. The minimum Gasteiger partial charge on any atom is -0.338 e. The van der Waals surface area contributed by atoms with Crippen LogP contribution in [0.4, 0.5) is 30.4 Å². The van der Waals surface area contributed by atoms with E-state index in [0.29, 0.717) is 25.2 Å². The summed E-state index contributed by atoms with van der Waals surface area (Å²) >= 11 is 0. The van der Waals surface area contributed by atoms with E-state index >= 15 is 0 Å². The number of hydrogen-bond acceptors (Lipinski definition) is 4. The van der Waals surface area contributed by atoms with Gasteiger partial charge in [0.15, 0.2) is 0 Å². The second-order valence-corrected chi connectivity index (χ2v) is 8.40. The summed E-state index contributed by atoms with van der Waals surface area (Å²) in [5.74, 6) is 0.351. The first-order valence-electron chi connectivity index (χ1n) is 10.1. The van der Waals surface area contributed by atoms with Gasteiger partial charge in [0.2, 0.25) is 5.91 Å². The van der Waals surface area contributed by atoms with Crippen LogP contribution in [0.1, 0.15) is 32.3 Å². The lowest BCUT2D eigenvalue weighted by Crippen LogP contribution is -2.57. The van der Waals surface area contributed by atoms with Crippen molar-refractivity contribution in [2.24, 2.45) is 5.92 Å². The maximum absolute atomic E-state index is 13.5. The van der Waals surface area contributed by atoms with Gasteiger partial charge in [0.05, 0.1) is 17.9 Å². The van der Waals surface area contributed by atoms with Gasteiger partial charge in [-0.3, -0.25) is 9.69 Å². The maximum atomic E-state index is 13.5. The van der Waals surface area contributed by atoms with Gasteiger partial charge in [0.25, 0.3) is 0 Å². The number of halogens is 3. The largest absolute Gasteiger partial charge is 0.406 e. The number of pyridine rings is 1. The standard InChI is InChI=1S/C22H25F3N4O/c1-21(2,22(23,24)25)28-12-9-15(10-13-28)20(30)29-14-16-6-5-11-26-19(16)27-17-7-3-4-8-18(17)29/h3-8,11,15H,9-10,12-14H2,1-2H3,(H,26,27). The minimum atomic E-state index is -4.31. The van der Waals surface area contributed by atoms with Crippen LogP contribution in [0.2, 0.25) is 0 Å². The molecule has 1 N–H and O–H groups in total. The lowest BCUT2D eigenvalue weighted by atomic mass is 9.90. The van der Waals surface area contributed by atoms with Crippen molar-refractivity contribution in [1.82, 2.24) is 9.88 Å². The van der Waals surface area contributed by atoms with Crippen molar-refractivity contribution in [3.63, 3.8) is 0 Å². The molecule has 1 saturated heterocycles. The second-order valence-electron chi connectivity index (χ2n) is 8.40. The Bertz CT molecular complexity index is 936. The number of nitrogens with zero attached hydrogens (tertiary/aromatic N) is 3. The molecule has 1 aromatic heterocycles. The lowest BCUT2D eigenvalue weighted by molar-refractivity contribution is -0.223. The number of fused-ring (bicyclic) bond motifs is 2. The van der Waals surface area contributed by atoms with E-state index in [1.54, 1.807) is 11.1 Å². The normalized spacial score (nSPS) is 18.2. The van der Waals surface area contributed by atoms with E-state index in [1.165, 1.54) is 18.7 Å². The quantitative estimate of drug-likeness (QED) is 0.767. The maximum Gasteiger partial charge on any atom is 0.406 e. The van der Waals surface area contributed by atoms with Crippen molar-refractivity contribution in [2.75, 3.05) is 23.3 Å². The van der Waals surface area contributed by atoms with Gasteiger partial charge >= 0.3 is 6.18 Å². The fraction of sp³-hybridized carbons (Fsp3) is 0.455. The van der Waals surface area contributed by atoms with E-state index in [-0.39, 0.29) is 24.9 Å². The zero-order valence-corrected chi connectivity index (χ0v) is 17.0. The number of nitrogens with one attached hydrogen (secondary N) is 1. The van der Waals surface area contributed by atoms with Crippen molar-refractivity contribution in [1.29, 1.82) is 0 Å². The van der Waals surface area contributed by atoms with Crippen LogP contribution in [0, 0.1) is 5.92 Å². The Morgan fingerprint density at radius 2 is 1.80 bits per heavy atom. The molecule has 1 fully saturated rings. The third-order valence-corrected chi connectivity index (χ3v) is 6.26. The fourth-order valence-corrected chi connectivity index (χ4v) is 4.16. The molecule has 0 spiro atoms. The lowest BCUT2D eigenvalue weighted by Gasteiger charge is -2.43. The molecule has 8 heteroatoms. The Morgan fingerprint density at radius 3 is 2.50 bits per heavy atom. The van der Waals surface area contributed by atoms with Crippen molar-refractivity contribution in [3.8, 4) is 0 Å². The number of amides is 1. The van der Waals surface area contributed by atoms with Crippen LogP contribution < -0.4 is 10.2 Å². The van der Waals surface area contributed by atoms with Crippen molar-refractivity contribution < 1.29 is 18.0 Å². The molecule has 3 heterocycles. The highest BCUT2D eigenvalue weighted by Crippen LogP contribution is 2.39. The molecule has 0 atom stereocenters. The fourth-order valence-electron chi connectivity index (χ4n) is 4.16. The van der Waals surface area contributed by atoms with E-state index in [2.05, 4.69) is 10.3 Å². The Hall–Kier alpha value is -2.61. The van der Waals surface area contributed by atoms with E-state index in [9.17, 15) is 18.0 Å². The predicted molar refractivity (Wildman–Crippen MR) is 110 cm³/mol. The highest BCUT2D eigenvalue weighted by Gasteiger charge is 2.52. The molecule has 30 heavy (non-hydrogen) atoms. The first-order chi connectivity index (χ1) is 14.2. The topological polar surface area (TPSA) is 48.5 Å². The molecular formula is C22H25F3N4O. The van der Waals surface area contributed by atoms with Gasteiger partial charge in [-0.2, -0.15) is 13.2 Å². The molecule has 0 saturated carbocycles. The van der Waals surface area contributed by atoms with Gasteiger partial charge in [-0.05, 0) is 58.0 Å². The number of carbonyl (C=O) groups is 1. The molecule has 0 aliphatic carbocycles. The number of aromatic nitrogens is 1. The third-order valence-electron chi connectivity index (χ3n) is 6.26. The SMILES string of the molecule is CC(C)(N1CCC(C(=O)N2Cc3cccnc3Nc3ccccc32)CC1)C(F)(F)F. The minimum absolute atomic E-state index is 0.0505. The number of rotatable bonds is 2. The van der Waals surface area contributed by atoms with E-state index < -0.39 is 11.7 Å². The Morgan fingerprint density at radius 1 is 1.10 bits per heavy atom. The van der Waals surface area contributed by atoms with Gasteiger partial charge in [0.1, 0.15) is 11.4 Å². The second kappa shape index (κ2) is 7.58. The van der Waals surface area contributed by atoms with Crippen LogP contribution >= 0.6 is 0 Å². The number of carbonyl (C=O) groups excluding carboxylic acids is 1. The molecule has 4 rings (SSSR count). The van der Waals surface area contributed by atoms with Crippen molar-refractivity contribution in [3.05, 3.63) is 48.2 Å². The van der Waals surface area contributed by atoms with E-state index in [1.807, 2.05) is 36.4 Å². The summed E-state index contributed by atoms with van der Waals surface area (Å²) < 4.78 is 40.2. The number of benzene rings is 1. The Kier molecular flexibility index (Phi) is 5.22. The summed E-state index contributed by atoms with van der Waals surface area (Å²) in [5.41, 5.74) is 0.556. The van der Waals surface area contributed by atoms with Gasteiger partial charge in [-0.15, -0.1) is 0 Å². The number of piperidine rings is 1. The van der Waals surface area contributed by atoms with Crippen LogP contribution in [0.5, 0.6) is 0 Å². The smallest absolute Gasteiger partial charge is 0.338 e. The molecule has 2 aromatic rings. The van der Waals surface area contributed by atoms with E-state index in [0.717, 1.165) is 16.9 Å². The van der Waals surface area contributed by atoms with Gasteiger partial charge in [0, 0.05) is 17.7 Å². The monoisotopic (exact) mass is 418 g/mol. The summed E-state index contributed by atoms with van der Waals surface area (Å²) in [5, 5.41) is 3.30. The summed E-state index contributed by atoms with van der Waals surface area (Å²) in [4.78, 5) is 21.0. The van der Waals surface area contributed by atoms with Crippen LogP contribution in [0.3, 0.4) is 0 Å². The van der Waals surface area contributed by atoms with Crippen LogP contribution in [-0.4, -0.2) is 40.6 Å².